The molecule has 0 bridgehead atoms. The third kappa shape index (κ3) is 8.86. The summed E-state index contributed by atoms with van der Waals surface area (Å²) in [6.07, 6.45) is 1.94. The van der Waals surface area contributed by atoms with E-state index >= 15 is 0 Å². The van der Waals surface area contributed by atoms with E-state index in [-0.39, 0.29) is 37.8 Å². The molecule has 13 nitrogen and oxygen atoms in total. The van der Waals surface area contributed by atoms with Gasteiger partial charge in [0.05, 0.1) is 6.54 Å². The number of carbonyl (C=O) groups is 5. The highest BCUT2D eigenvalue weighted by atomic mass is 16.4. The van der Waals surface area contributed by atoms with E-state index < -0.39 is 36.3 Å². The van der Waals surface area contributed by atoms with Crippen molar-refractivity contribution in [3.8, 4) is 0 Å². The monoisotopic (exact) mass is 579 g/mol. The molecule has 1 saturated heterocycles. The maximum absolute atomic E-state index is 13.1. The maximum Gasteiger partial charge on any atom is 0.323 e. The highest BCUT2D eigenvalue weighted by Crippen LogP contribution is 2.18. The second kappa shape index (κ2) is 15.3. The Kier molecular flexibility index (Phi) is 11.6. The maximum atomic E-state index is 13.1. The highest BCUT2D eigenvalue weighted by Gasteiger charge is 2.37. The second-order valence-corrected chi connectivity index (χ2v) is 9.92. The lowest BCUT2D eigenvalue weighted by Crippen LogP contribution is -2.60. The lowest BCUT2D eigenvalue weighted by atomic mass is 10.0. The Bertz CT molecular complexity index is 1300. The number of amidine groups is 1. The van der Waals surface area contributed by atoms with Crippen LogP contribution in [0.4, 0.5) is 0 Å². The van der Waals surface area contributed by atoms with E-state index in [2.05, 4.69) is 10.6 Å². The van der Waals surface area contributed by atoms with Crippen LogP contribution in [0.5, 0.6) is 0 Å². The average molecular weight is 580 g/mol. The van der Waals surface area contributed by atoms with Gasteiger partial charge in [0.1, 0.15) is 18.4 Å². The molecule has 0 aliphatic carbocycles. The van der Waals surface area contributed by atoms with E-state index in [1.54, 1.807) is 48.5 Å². The summed E-state index contributed by atoms with van der Waals surface area (Å²) in [4.78, 5) is 65.0. The largest absolute Gasteiger partial charge is 0.480 e. The minimum Gasteiger partial charge on any atom is -0.480 e. The van der Waals surface area contributed by atoms with E-state index in [1.165, 1.54) is 9.80 Å². The van der Waals surface area contributed by atoms with Crippen LogP contribution in [-0.2, 0) is 20.8 Å². The fraction of sp³-hybridized carbons (Fsp3) is 0.379. The first kappa shape index (κ1) is 31.7. The molecule has 1 unspecified atom stereocenters. The Balaban J connectivity index is 1.54. The van der Waals surface area contributed by atoms with Crippen LogP contribution in [-0.4, -0.2) is 95.7 Å². The van der Waals surface area contributed by atoms with Gasteiger partial charge in [-0.05, 0) is 62.1 Å². The number of nitrogens with two attached hydrogens (primary N) is 2. The third-order valence-electron chi connectivity index (χ3n) is 6.93. The van der Waals surface area contributed by atoms with Crippen LogP contribution in [0.1, 0.15) is 51.1 Å². The zero-order chi connectivity index (χ0) is 30.6. The number of carboxylic acid groups (broad SMARTS) is 1. The Morgan fingerprint density at radius 3 is 2.10 bits per heavy atom. The molecule has 224 valence electrons. The quantitative estimate of drug-likeness (QED) is 0.101. The summed E-state index contributed by atoms with van der Waals surface area (Å²) in [6, 6.07) is 12.3. The SMILES string of the molecule is N=C(N)c1ccc(C(=O)NCCCCC2C(=O)N(CC(=O)O)CCN2C(=O)CNC(=O)c2ccc(CCN)cc2)cc1. The number of benzene rings is 2. The first-order chi connectivity index (χ1) is 20.1. The van der Waals surface area contributed by atoms with Crippen molar-refractivity contribution in [1.82, 2.24) is 20.4 Å². The average Bonchev–Trinajstić information content (AvgIpc) is 2.97. The molecule has 2 aromatic rings. The summed E-state index contributed by atoms with van der Waals surface area (Å²) < 4.78 is 0. The van der Waals surface area contributed by atoms with Crippen molar-refractivity contribution >= 4 is 35.4 Å². The Morgan fingerprint density at radius 1 is 0.905 bits per heavy atom. The third-order valence-corrected chi connectivity index (χ3v) is 6.93. The van der Waals surface area contributed by atoms with Crippen molar-refractivity contribution in [3.63, 3.8) is 0 Å². The fourth-order valence-corrected chi connectivity index (χ4v) is 4.65. The number of amides is 4. The van der Waals surface area contributed by atoms with Crippen LogP contribution in [0.25, 0.3) is 0 Å². The van der Waals surface area contributed by atoms with Crippen molar-refractivity contribution < 1.29 is 29.1 Å². The van der Waals surface area contributed by atoms with Gasteiger partial charge < -0.3 is 37.0 Å². The second-order valence-electron chi connectivity index (χ2n) is 9.92. The molecular formula is C29H37N7O6. The number of hydrogen-bond donors (Lipinski definition) is 6. The molecule has 0 aromatic heterocycles. The molecule has 3 rings (SSSR count). The van der Waals surface area contributed by atoms with Gasteiger partial charge in [0.25, 0.3) is 11.8 Å². The van der Waals surface area contributed by atoms with Gasteiger partial charge in [-0.15, -0.1) is 0 Å². The van der Waals surface area contributed by atoms with E-state index in [0.717, 1.165) is 5.56 Å². The van der Waals surface area contributed by atoms with Gasteiger partial charge in [0, 0.05) is 36.3 Å². The van der Waals surface area contributed by atoms with Gasteiger partial charge >= 0.3 is 5.97 Å². The van der Waals surface area contributed by atoms with Gasteiger partial charge in [0.15, 0.2) is 0 Å². The summed E-state index contributed by atoms with van der Waals surface area (Å²) in [7, 11) is 0. The molecule has 2 aromatic carbocycles. The number of nitrogens with one attached hydrogen (secondary N) is 3. The number of unbranched alkanes of at least 4 members (excludes halogenated alkanes) is 1. The fourth-order valence-electron chi connectivity index (χ4n) is 4.65. The Morgan fingerprint density at radius 2 is 1.50 bits per heavy atom. The molecule has 13 heteroatoms. The molecule has 1 heterocycles. The summed E-state index contributed by atoms with van der Waals surface area (Å²) in [5.74, 6) is -2.88. The van der Waals surface area contributed by atoms with Crippen molar-refractivity contribution in [2.24, 2.45) is 11.5 Å². The van der Waals surface area contributed by atoms with E-state index in [9.17, 15) is 29.1 Å². The van der Waals surface area contributed by atoms with Crippen molar-refractivity contribution in [2.75, 3.05) is 39.3 Å². The van der Waals surface area contributed by atoms with Crippen LogP contribution < -0.4 is 22.1 Å². The van der Waals surface area contributed by atoms with Crippen LogP contribution in [0.2, 0.25) is 0 Å². The van der Waals surface area contributed by atoms with Gasteiger partial charge in [-0.2, -0.15) is 0 Å². The normalized spacial score (nSPS) is 14.8. The first-order valence-corrected chi connectivity index (χ1v) is 13.7. The topological polar surface area (TPSA) is 212 Å². The lowest BCUT2D eigenvalue weighted by Gasteiger charge is -2.40. The molecular weight excluding hydrogens is 542 g/mol. The smallest absolute Gasteiger partial charge is 0.323 e. The summed E-state index contributed by atoms with van der Waals surface area (Å²) >= 11 is 0. The van der Waals surface area contributed by atoms with Crippen LogP contribution >= 0.6 is 0 Å². The number of carboxylic acids is 1. The van der Waals surface area contributed by atoms with Crippen molar-refractivity contribution in [3.05, 3.63) is 70.8 Å². The van der Waals surface area contributed by atoms with E-state index in [0.29, 0.717) is 49.0 Å². The molecule has 42 heavy (non-hydrogen) atoms. The minimum absolute atomic E-state index is 0.0718. The van der Waals surface area contributed by atoms with Gasteiger partial charge in [0.2, 0.25) is 11.8 Å². The summed E-state index contributed by atoms with van der Waals surface area (Å²) in [5.41, 5.74) is 13.3. The lowest BCUT2D eigenvalue weighted by molar-refractivity contribution is -0.155. The Labute approximate surface area is 243 Å². The van der Waals surface area contributed by atoms with Gasteiger partial charge in [-0.3, -0.25) is 29.4 Å². The molecule has 0 spiro atoms. The summed E-state index contributed by atoms with van der Waals surface area (Å²) in [5, 5.41) is 22.0. The molecule has 1 fully saturated rings. The van der Waals surface area contributed by atoms with E-state index in [4.69, 9.17) is 16.9 Å². The van der Waals surface area contributed by atoms with Crippen molar-refractivity contribution in [1.29, 1.82) is 5.41 Å². The number of nitrogens with zero attached hydrogens (tertiary/aromatic N) is 2. The molecule has 0 saturated carbocycles. The molecule has 1 atom stereocenters. The predicted octanol–water partition coefficient (Wildman–Crippen LogP) is -0.0740. The molecule has 0 radical (unpaired) electrons. The number of rotatable bonds is 14. The zero-order valence-corrected chi connectivity index (χ0v) is 23.3. The predicted molar refractivity (Wildman–Crippen MR) is 155 cm³/mol. The minimum atomic E-state index is -1.15. The number of piperazine rings is 1. The van der Waals surface area contributed by atoms with Crippen molar-refractivity contribution in [2.45, 2.75) is 31.7 Å². The van der Waals surface area contributed by atoms with Crippen LogP contribution in [0.3, 0.4) is 0 Å². The number of nitrogen functional groups attached to an aromatic ring is 1. The van der Waals surface area contributed by atoms with Crippen LogP contribution in [0, 0.1) is 5.41 Å². The Hall–Kier alpha value is -4.78. The van der Waals surface area contributed by atoms with Crippen LogP contribution in [0.15, 0.2) is 48.5 Å². The number of hydrogen-bond acceptors (Lipinski definition) is 7. The van der Waals surface area contributed by atoms with Gasteiger partial charge in [-0.25, -0.2) is 0 Å². The molecule has 8 N–H and O–H groups in total. The number of carbonyl (C=O) groups excluding carboxylic acids is 4. The first-order valence-electron chi connectivity index (χ1n) is 13.7. The molecule has 1 aliphatic rings. The highest BCUT2D eigenvalue weighted by molar-refractivity contribution is 5.98. The molecule has 1 aliphatic heterocycles. The molecule has 4 amide bonds. The standard InChI is InChI=1S/C29H37N7O6/c30-13-12-19-4-6-21(7-5-19)28(41)34-17-24(37)36-16-15-35(18-25(38)39)29(42)23(36)3-1-2-14-33-27(40)22-10-8-20(9-11-22)26(31)32/h4-11,23H,1-3,12-18,30H2,(H3,31,32)(H,33,40)(H,34,41)(H,38,39). The zero-order valence-electron chi connectivity index (χ0n) is 23.3. The van der Waals surface area contributed by atoms with E-state index in [1.807, 2.05) is 0 Å². The number of aliphatic carboxylic acids is 1. The summed E-state index contributed by atoms with van der Waals surface area (Å²) in [6.45, 7) is 0.242. The van der Waals surface area contributed by atoms with Gasteiger partial charge in [-0.1, -0.05) is 24.3 Å².